The first-order valence-corrected chi connectivity index (χ1v) is 17.3. The molecule has 44 heavy (non-hydrogen) atoms. The van der Waals surface area contributed by atoms with Crippen molar-refractivity contribution in [1.29, 1.82) is 0 Å². The molecule has 1 saturated heterocycles. The van der Waals surface area contributed by atoms with E-state index in [4.69, 9.17) is 14.5 Å². The Labute approximate surface area is 266 Å². The third-order valence-corrected chi connectivity index (χ3v) is 10.0. The number of hydrogen-bond acceptors (Lipinski definition) is 5. The normalized spacial score (nSPS) is 20.1. The van der Waals surface area contributed by atoms with Crippen molar-refractivity contribution in [1.82, 2.24) is 4.90 Å². The van der Waals surface area contributed by atoms with Crippen LogP contribution in [0.4, 0.5) is 0 Å². The van der Waals surface area contributed by atoms with Gasteiger partial charge in [0.15, 0.2) is 16.7 Å². The Morgan fingerprint density at radius 2 is 1.68 bits per heavy atom. The summed E-state index contributed by atoms with van der Waals surface area (Å²) in [5.41, 5.74) is 3.05. The van der Waals surface area contributed by atoms with Crippen LogP contribution in [0.1, 0.15) is 87.8 Å². The molecule has 1 heterocycles. The Morgan fingerprint density at radius 1 is 0.932 bits per heavy atom. The largest absolute Gasteiger partial charge is 0.490 e. The molecule has 0 spiro atoms. The van der Waals surface area contributed by atoms with Crippen molar-refractivity contribution < 1.29 is 14.3 Å². The number of ether oxygens (including phenoxy) is 2. The fourth-order valence-corrected chi connectivity index (χ4v) is 7.93. The molecule has 0 radical (unpaired) electrons. The summed E-state index contributed by atoms with van der Waals surface area (Å²) in [5, 5.41) is 3.29. The lowest BCUT2D eigenvalue weighted by Crippen LogP contribution is -2.41. The Morgan fingerprint density at radius 3 is 2.45 bits per heavy atom. The Hall–Kier alpha value is -3.51. The number of amidine groups is 1. The molecule has 0 atom stereocenters. The van der Waals surface area contributed by atoms with Crippen LogP contribution in [0.3, 0.4) is 0 Å². The van der Waals surface area contributed by atoms with Crippen LogP contribution in [0.5, 0.6) is 11.5 Å². The van der Waals surface area contributed by atoms with E-state index >= 15 is 0 Å². The minimum absolute atomic E-state index is 0.0935. The summed E-state index contributed by atoms with van der Waals surface area (Å²) in [6.07, 6.45) is 16.3. The molecule has 1 aliphatic heterocycles. The molecule has 230 valence electrons. The van der Waals surface area contributed by atoms with Gasteiger partial charge in [-0.25, -0.2) is 0 Å². The van der Waals surface area contributed by atoms with Crippen LogP contribution in [0, 0.1) is 0 Å². The van der Waals surface area contributed by atoms with Crippen LogP contribution in [0.25, 0.3) is 16.8 Å². The molecular formula is C38H44N2O3S. The predicted octanol–water partition coefficient (Wildman–Crippen LogP) is 9.48. The first kappa shape index (κ1) is 30.5. The molecule has 0 N–H and O–H groups in total. The standard InChI is InChI=1S/C38H44N2O3S/c1-3-14-29-23-27(24-34(42-4-2)36(29)43-26-30-17-13-16-28-15-11-12-22-33(28)30)25-35-37(41)40(32-20-9-6-10-21-32)38(44-35)39-31-18-7-5-8-19-31/h3,11-13,15-17,22-25,31-32H,1,4-10,14,18-21,26H2,2H3. The number of nitrogens with zero attached hydrogens (tertiary/aromatic N) is 2. The molecule has 2 saturated carbocycles. The molecule has 1 amide bonds. The van der Waals surface area contributed by atoms with Crippen molar-refractivity contribution in [3.05, 3.63) is 88.8 Å². The van der Waals surface area contributed by atoms with Gasteiger partial charge in [-0.3, -0.25) is 14.7 Å². The maximum atomic E-state index is 14.0. The van der Waals surface area contributed by atoms with Crippen LogP contribution in [-0.4, -0.2) is 34.7 Å². The van der Waals surface area contributed by atoms with Gasteiger partial charge < -0.3 is 9.47 Å². The van der Waals surface area contributed by atoms with E-state index in [-0.39, 0.29) is 11.9 Å². The minimum Gasteiger partial charge on any atom is -0.490 e. The summed E-state index contributed by atoms with van der Waals surface area (Å²) >= 11 is 1.56. The number of hydrogen-bond donors (Lipinski definition) is 0. The second-order valence-corrected chi connectivity index (χ2v) is 13.2. The zero-order valence-electron chi connectivity index (χ0n) is 25.9. The lowest BCUT2D eigenvalue weighted by atomic mass is 9.94. The lowest BCUT2D eigenvalue weighted by molar-refractivity contribution is -0.124. The van der Waals surface area contributed by atoms with Crippen molar-refractivity contribution in [2.75, 3.05) is 6.61 Å². The van der Waals surface area contributed by atoms with Crippen LogP contribution < -0.4 is 9.47 Å². The highest BCUT2D eigenvalue weighted by Crippen LogP contribution is 2.41. The van der Waals surface area contributed by atoms with Crippen LogP contribution in [0.15, 0.2) is 77.1 Å². The van der Waals surface area contributed by atoms with Crippen LogP contribution in [0.2, 0.25) is 0 Å². The number of rotatable bonds is 10. The van der Waals surface area contributed by atoms with E-state index < -0.39 is 0 Å². The highest BCUT2D eigenvalue weighted by Gasteiger charge is 2.39. The van der Waals surface area contributed by atoms with Gasteiger partial charge in [0.25, 0.3) is 5.91 Å². The number of thioether (sulfide) groups is 1. The van der Waals surface area contributed by atoms with Crippen molar-refractivity contribution in [3.63, 3.8) is 0 Å². The predicted molar refractivity (Wildman–Crippen MR) is 183 cm³/mol. The summed E-state index contributed by atoms with van der Waals surface area (Å²) in [6.45, 7) is 6.94. The first-order chi connectivity index (χ1) is 21.6. The summed E-state index contributed by atoms with van der Waals surface area (Å²) in [5.74, 6) is 1.52. The van der Waals surface area contributed by atoms with Gasteiger partial charge in [-0.05, 0) is 90.9 Å². The molecular weight excluding hydrogens is 564 g/mol. The van der Waals surface area contributed by atoms with E-state index in [2.05, 4.69) is 55.1 Å². The zero-order chi connectivity index (χ0) is 30.3. The van der Waals surface area contributed by atoms with Crippen LogP contribution in [-0.2, 0) is 17.8 Å². The van der Waals surface area contributed by atoms with Crippen molar-refractivity contribution in [2.45, 2.75) is 96.2 Å². The Bertz CT molecular complexity index is 1540. The topological polar surface area (TPSA) is 51.1 Å². The SMILES string of the molecule is C=CCc1cc(C=C2SC(=NC3CCCCC3)N(C3CCCCC3)C2=O)cc(OCC)c1OCc1cccc2ccccc12. The van der Waals surface area contributed by atoms with Gasteiger partial charge in [-0.2, -0.15) is 0 Å². The van der Waals surface area contributed by atoms with Gasteiger partial charge >= 0.3 is 0 Å². The highest BCUT2D eigenvalue weighted by molar-refractivity contribution is 8.18. The minimum atomic E-state index is 0.0935. The second-order valence-electron chi connectivity index (χ2n) is 12.1. The number of carbonyl (C=O) groups is 1. The van der Waals surface area contributed by atoms with Gasteiger partial charge in [0.05, 0.1) is 17.6 Å². The molecule has 3 aliphatic rings. The van der Waals surface area contributed by atoms with Crippen molar-refractivity contribution in [2.24, 2.45) is 4.99 Å². The quantitative estimate of drug-likeness (QED) is 0.170. The third-order valence-electron chi connectivity index (χ3n) is 9.01. The van der Waals surface area contributed by atoms with Gasteiger partial charge in [0, 0.05) is 11.6 Å². The van der Waals surface area contributed by atoms with Gasteiger partial charge in [-0.1, -0.05) is 87.1 Å². The van der Waals surface area contributed by atoms with Gasteiger partial charge in [0.1, 0.15) is 6.61 Å². The molecule has 0 bridgehead atoms. The van der Waals surface area contributed by atoms with Gasteiger partial charge in [0.2, 0.25) is 0 Å². The summed E-state index contributed by atoms with van der Waals surface area (Å²) in [7, 11) is 0. The Balaban J connectivity index is 1.32. The summed E-state index contributed by atoms with van der Waals surface area (Å²) in [4.78, 5) is 22.0. The summed E-state index contributed by atoms with van der Waals surface area (Å²) < 4.78 is 12.7. The number of aliphatic imine (C=N–C) groups is 1. The van der Waals surface area contributed by atoms with E-state index in [0.717, 1.165) is 58.2 Å². The second kappa shape index (κ2) is 14.5. The van der Waals surface area contributed by atoms with E-state index in [9.17, 15) is 4.79 Å². The summed E-state index contributed by atoms with van der Waals surface area (Å²) in [6, 6.07) is 19.4. The van der Waals surface area contributed by atoms with E-state index in [1.807, 2.05) is 30.0 Å². The molecule has 6 rings (SSSR count). The third kappa shape index (κ3) is 6.91. The maximum Gasteiger partial charge on any atom is 0.266 e. The average molecular weight is 609 g/mol. The van der Waals surface area contributed by atoms with E-state index in [1.54, 1.807) is 11.8 Å². The monoisotopic (exact) mass is 608 g/mol. The Kier molecular flexibility index (Phi) is 10.1. The maximum absolute atomic E-state index is 14.0. The number of carbonyl (C=O) groups excluding carboxylic acids is 1. The molecule has 6 heteroatoms. The number of allylic oxidation sites excluding steroid dienone is 1. The average Bonchev–Trinajstić information content (AvgIpc) is 3.35. The van der Waals surface area contributed by atoms with Gasteiger partial charge in [-0.15, -0.1) is 6.58 Å². The molecule has 3 aromatic rings. The fourth-order valence-electron chi connectivity index (χ4n) is 6.82. The van der Waals surface area contributed by atoms with E-state index in [0.29, 0.717) is 31.4 Å². The molecule has 3 fully saturated rings. The molecule has 2 aliphatic carbocycles. The highest BCUT2D eigenvalue weighted by atomic mass is 32.2. The molecule has 0 aromatic heterocycles. The fraction of sp³-hybridized carbons (Fsp3) is 0.421. The number of amides is 1. The van der Waals surface area contributed by atoms with Crippen LogP contribution >= 0.6 is 11.8 Å². The van der Waals surface area contributed by atoms with E-state index in [1.165, 1.54) is 49.3 Å². The lowest BCUT2D eigenvalue weighted by Gasteiger charge is -2.31. The zero-order valence-corrected chi connectivity index (χ0v) is 26.7. The smallest absolute Gasteiger partial charge is 0.266 e. The molecule has 3 aromatic carbocycles. The molecule has 5 nitrogen and oxygen atoms in total. The van der Waals surface area contributed by atoms with Crippen molar-refractivity contribution >= 4 is 39.7 Å². The number of benzene rings is 3. The van der Waals surface area contributed by atoms with Crippen molar-refractivity contribution in [3.8, 4) is 11.5 Å². The molecule has 0 unspecified atom stereocenters. The number of fused-ring (bicyclic) bond motifs is 1. The first-order valence-electron chi connectivity index (χ1n) is 16.5.